The third-order valence-corrected chi connectivity index (χ3v) is 3.97. The Kier molecular flexibility index (Phi) is 3.80. The lowest BCUT2D eigenvalue weighted by atomic mass is 10.0. The van der Waals surface area contributed by atoms with Gasteiger partial charge in [0, 0.05) is 18.8 Å². The first-order valence-corrected chi connectivity index (χ1v) is 7.03. The summed E-state index contributed by atoms with van der Waals surface area (Å²) in [5.41, 5.74) is 2.19. The Morgan fingerprint density at radius 3 is 3.05 bits per heavy atom. The minimum absolute atomic E-state index is 0.0869. The van der Waals surface area contributed by atoms with Gasteiger partial charge in [0.05, 0.1) is 12.6 Å². The molecule has 1 fully saturated rings. The molecule has 2 N–H and O–H groups in total. The van der Waals surface area contributed by atoms with Gasteiger partial charge in [0.2, 0.25) is 5.91 Å². The average Bonchev–Trinajstić information content (AvgIpc) is 2.88. The number of hydrogen-bond donors (Lipinski definition) is 2. The SMILES string of the molecule is O=C1Nc2ccccc2CCC1NCC1CCOC1. The quantitative estimate of drug-likeness (QED) is 0.867. The minimum Gasteiger partial charge on any atom is -0.381 e. The van der Waals surface area contributed by atoms with Crippen LogP contribution in [0.5, 0.6) is 0 Å². The predicted molar refractivity (Wildman–Crippen MR) is 74.1 cm³/mol. The van der Waals surface area contributed by atoms with Gasteiger partial charge in [-0.3, -0.25) is 4.79 Å². The summed E-state index contributed by atoms with van der Waals surface area (Å²) in [6.45, 7) is 2.55. The second-order valence-electron chi connectivity index (χ2n) is 5.38. The Bertz CT molecular complexity index is 455. The number of anilines is 1. The Labute approximate surface area is 113 Å². The zero-order valence-corrected chi connectivity index (χ0v) is 11.0. The average molecular weight is 260 g/mol. The standard InChI is InChI=1S/C15H20N2O2/c18-15-14(16-9-11-7-8-19-10-11)6-5-12-3-1-2-4-13(12)17-15/h1-4,11,14,16H,5-10H2,(H,17,18). The van der Waals surface area contributed by atoms with Gasteiger partial charge >= 0.3 is 0 Å². The van der Waals surface area contributed by atoms with E-state index >= 15 is 0 Å². The first kappa shape index (κ1) is 12.6. The van der Waals surface area contributed by atoms with Crippen molar-refractivity contribution < 1.29 is 9.53 Å². The van der Waals surface area contributed by atoms with E-state index in [-0.39, 0.29) is 11.9 Å². The molecule has 1 amide bonds. The largest absolute Gasteiger partial charge is 0.381 e. The van der Waals surface area contributed by atoms with E-state index in [4.69, 9.17) is 4.74 Å². The van der Waals surface area contributed by atoms with Crippen LogP contribution in [0.1, 0.15) is 18.4 Å². The van der Waals surface area contributed by atoms with Crippen LogP contribution < -0.4 is 10.6 Å². The van der Waals surface area contributed by atoms with E-state index in [0.29, 0.717) is 5.92 Å². The number of hydrogen-bond acceptors (Lipinski definition) is 3. The molecule has 0 aromatic heterocycles. The van der Waals surface area contributed by atoms with Crippen molar-refractivity contribution in [3.8, 4) is 0 Å². The van der Waals surface area contributed by atoms with Gasteiger partial charge in [-0.15, -0.1) is 0 Å². The molecular formula is C15H20N2O2. The summed E-state index contributed by atoms with van der Waals surface area (Å²) in [6, 6.07) is 7.95. The highest BCUT2D eigenvalue weighted by Gasteiger charge is 2.24. The monoisotopic (exact) mass is 260 g/mol. The first-order valence-electron chi connectivity index (χ1n) is 7.03. The van der Waals surface area contributed by atoms with Gasteiger partial charge in [-0.05, 0) is 36.8 Å². The number of rotatable bonds is 3. The fourth-order valence-electron chi connectivity index (χ4n) is 2.76. The van der Waals surface area contributed by atoms with Crippen molar-refractivity contribution in [1.82, 2.24) is 5.32 Å². The smallest absolute Gasteiger partial charge is 0.241 e. The molecule has 1 saturated heterocycles. The molecule has 2 heterocycles. The Morgan fingerprint density at radius 2 is 2.21 bits per heavy atom. The summed E-state index contributed by atoms with van der Waals surface area (Å²) in [4.78, 5) is 12.2. The van der Waals surface area contributed by atoms with E-state index in [2.05, 4.69) is 16.7 Å². The molecule has 19 heavy (non-hydrogen) atoms. The van der Waals surface area contributed by atoms with Gasteiger partial charge in [0.25, 0.3) is 0 Å². The molecule has 2 unspecified atom stereocenters. The highest BCUT2D eigenvalue weighted by atomic mass is 16.5. The van der Waals surface area contributed by atoms with Gasteiger partial charge in [0.15, 0.2) is 0 Å². The van der Waals surface area contributed by atoms with Crippen LogP contribution in [0.15, 0.2) is 24.3 Å². The van der Waals surface area contributed by atoms with Crippen molar-refractivity contribution in [2.45, 2.75) is 25.3 Å². The van der Waals surface area contributed by atoms with Gasteiger partial charge in [0.1, 0.15) is 0 Å². The molecule has 0 spiro atoms. The van der Waals surface area contributed by atoms with Gasteiger partial charge in [-0.25, -0.2) is 0 Å². The van der Waals surface area contributed by atoms with E-state index in [1.54, 1.807) is 0 Å². The van der Waals surface area contributed by atoms with Crippen molar-refractivity contribution >= 4 is 11.6 Å². The van der Waals surface area contributed by atoms with Crippen LogP contribution in [-0.2, 0) is 16.0 Å². The van der Waals surface area contributed by atoms with Crippen LogP contribution in [0.25, 0.3) is 0 Å². The normalized spacial score (nSPS) is 26.6. The van der Waals surface area contributed by atoms with Crippen molar-refractivity contribution in [1.29, 1.82) is 0 Å². The Balaban J connectivity index is 1.60. The molecule has 3 rings (SSSR count). The second kappa shape index (κ2) is 5.72. The first-order chi connectivity index (χ1) is 9.33. The Morgan fingerprint density at radius 1 is 1.32 bits per heavy atom. The van der Waals surface area contributed by atoms with Crippen LogP contribution in [0, 0.1) is 5.92 Å². The summed E-state index contributed by atoms with van der Waals surface area (Å²) >= 11 is 0. The number of fused-ring (bicyclic) bond motifs is 1. The second-order valence-corrected chi connectivity index (χ2v) is 5.38. The highest BCUT2D eigenvalue weighted by Crippen LogP contribution is 2.21. The predicted octanol–water partition coefficient (Wildman–Crippen LogP) is 1.57. The molecular weight excluding hydrogens is 240 g/mol. The number of nitrogens with one attached hydrogen (secondary N) is 2. The highest BCUT2D eigenvalue weighted by molar-refractivity contribution is 5.96. The maximum atomic E-state index is 12.2. The summed E-state index contributed by atoms with van der Waals surface area (Å²) in [5.74, 6) is 0.641. The van der Waals surface area contributed by atoms with Crippen LogP contribution in [-0.4, -0.2) is 31.7 Å². The summed E-state index contributed by atoms with van der Waals surface area (Å²) < 4.78 is 5.36. The van der Waals surface area contributed by atoms with Crippen LogP contribution >= 0.6 is 0 Å². The molecule has 4 nitrogen and oxygen atoms in total. The molecule has 0 saturated carbocycles. The van der Waals surface area contributed by atoms with Crippen molar-refractivity contribution in [2.75, 3.05) is 25.1 Å². The fourth-order valence-corrected chi connectivity index (χ4v) is 2.76. The lowest BCUT2D eigenvalue weighted by molar-refractivity contribution is -0.118. The maximum Gasteiger partial charge on any atom is 0.241 e. The number of benzene rings is 1. The van der Waals surface area contributed by atoms with E-state index in [0.717, 1.165) is 44.7 Å². The molecule has 102 valence electrons. The molecule has 4 heteroatoms. The number of carbonyl (C=O) groups is 1. The zero-order chi connectivity index (χ0) is 13.1. The fraction of sp³-hybridized carbons (Fsp3) is 0.533. The molecule has 0 radical (unpaired) electrons. The number of para-hydroxylation sites is 1. The van der Waals surface area contributed by atoms with Crippen molar-refractivity contribution in [2.24, 2.45) is 5.92 Å². The van der Waals surface area contributed by atoms with Gasteiger partial charge < -0.3 is 15.4 Å². The van der Waals surface area contributed by atoms with Crippen LogP contribution in [0.3, 0.4) is 0 Å². The van der Waals surface area contributed by atoms with E-state index in [1.165, 1.54) is 5.56 Å². The molecule has 1 aromatic carbocycles. The van der Waals surface area contributed by atoms with Gasteiger partial charge in [-0.1, -0.05) is 18.2 Å². The van der Waals surface area contributed by atoms with Gasteiger partial charge in [-0.2, -0.15) is 0 Å². The molecule has 0 bridgehead atoms. The summed E-state index contributed by atoms with van der Waals surface area (Å²) in [6.07, 6.45) is 2.89. The number of ether oxygens (including phenoxy) is 1. The maximum absolute atomic E-state index is 12.2. The lowest BCUT2D eigenvalue weighted by Crippen LogP contribution is -2.42. The minimum atomic E-state index is -0.0898. The van der Waals surface area contributed by atoms with Crippen molar-refractivity contribution in [3.05, 3.63) is 29.8 Å². The molecule has 1 aromatic rings. The number of amides is 1. The number of carbonyl (C=O) groups excluding carboxylic acids is 1. The number of aryl methyl sites for hydroxylation is 1. The molecule has 2 aliphatic rings. The van der Waals surface area contributed by atoms with Crippen molar-refractivity contribution in [3.63, 3.8) is 0 Å². The summed E-state index contributed by atoms with van der Waals surface area (Å²) in [5, 5.41) is 6.41. The topological polar surface area (TPSA) is 50.4 Å². The third-order valence-electron chi connectivity index (χ3n) is 3.97. The Hall–Kier alpha value is -1.39. The van der Waals surface area contributed by atoms with Crippen LogP contribution in [0.4, 0.5) is 5.69 Å². The zero-order valence-electron chi connectivity index (χ0n) is 11.0. The summed E-state index contributed by atoms with van der Waals surface area (Å²) in [7, 11) is 0. The van der Waals surface area contributed by atoms with E-state index < -0.39 is 0 Å². The van der Waals surface area contributed by atoms with E-state index in [1.807, 2.05) is 18.2 Å². The molecule has 2 aliphatic heterocycles. The van der Waals surface area contributed by atoms with E-state index in [9.17, 15) is 4.79 Å². The third kappa shape index (κ3) is 2.96. The van der Waals surface area contributed by atoms with Crippen LogP contribution in [0.2, 0.25) is 0 Å². The lowest BCUT2D eigenvalue weighted by Gasteiger charge is -2.17. The molecule has 2 atom stereocenters. The molecule has 0 aliphatic carbocycles.